The number of rotatable bonds is 2. The van der Waals surface area contributed by atoms with Crippen LogP contribution in [0.1, 0.15) is 36.6 Å². The molecule has 2 rings (SSSR count). The molecule has 3 nitrogen and oxygen atoms in total. The Kier molecular flexibility index (Phi) is 3.75. The number of halogens is 3. The Morgan fingerprint density at radius 1 is 1.39 bits per heavy atom. The van der Waals surface area contributed by atoms with Crippen LogP contribution in [-0.2, 0) is 6.42 Å². The molecule has 1 aromatic rings. The van der Waals surface area contributed by atoms with Crippen molar-refractivity contribution in [2.45, 2.75) is 38.0 Å². The van der Waals surface area contributed by atoms with Crippen molar-refractivity contribution in [3.8, 4) is 5.75 Å². The highest BCUT2D eigenvalue weighted by Crippen LogP contribution is 2.33. The van der Waals surface area contributed by atoms with Crippen molar-refractivity contribution < 1.29 is 23.0 Å². The number of fused-ring (bicyclic) bond motifs is 1. The van der Waals surface area contributed by atoms with Gasteiger partial charge in [0.15, 0.2) is 6.61 Å². The molecule has 0 fully saturated rings. The number of aliphatic hydroxyl groups is 1. The van der Waals surface area contributed by atoms with Crippen LogP contribution in [-0.4, -0.2) is 22.9 Å². The third-order valence-electron chi connectivity index (χ3n) is 2.91. The molecule has 0 spiro atoms. The normalized spacial score (nSPS) is 20.1. The summed E-state index contributed by atoms with van der Waals surface area (Å²) in [6.45, 7) is -1.32. The average molecular weight is 261 g/mol. The van der Waals surface area contributed by atoms with Gasteiger partial charge in [-0.15, -0.1) is 0 Å². The van der Waals surface area contributed by atoms with Gasteiger partial charge in [0, 0.05) is 11.8 Å². The molecule has 0 saturated carbocycles. The van der Waals surface area contributed by atoms with Crippen molar-refractivity contribution >= 4 is 0 Å². The highest BCUT2D eigenvalue weighted by Gasteiger charge is 2.29. The zero-order valence-corrected chi connectivity index (χ0v) is 9.70. The zero-order valence-electron chi connectivity index (χ0n) is 9.70. The molecule has 0 aliphatic heterocycles. The maximum atomic E-state index is 12.1. The van der Waals surface area contributed by atoms with Crippen molar-refractivity contribution in [2.75, 3.05) is 6.61 Å². The van der Waals surface area contributed by atoms with Crippen LogP contribution in [0.15, 0.2) is 12.3 Å². The van der Waals surface area contributed by atoms with Crippen LogP contribution in [0.3, 0.4) is 0 Å². The monoisotopic (exact) mass is 261 g/mol. The largest absolute Gasteiger partial charge is 0.484 e. The van der Waals surface area contributed by atoms with Crippen molar-refractivity contribution in [3.05, 3.63) is 23.5 Å². The minimum Gasteiger partial charge on any atom is -0.484 e. The van der Waals surface area contributed by atoms with E-state index in [1.807, 2.05) is 0 Å². The van der Waals surface area contributed by atoms with E-state index >= 15 is 0 Å². The van der Waals surface area contributed by atoms with E-state index in [9.17, 15) is 18.3 Å². The molecule has 0 aromatic carbocycles. The predicted octanol–water partition coefficient (Wildman–Crippen LogP) is 2.78. The van der Waals surface area contributed by atoms with Gasteiger partial charge in [-0.3, -0.25) is 4.98 Å². The van der Waals surface area contributed by atoms with Crippen LogP contribution in [0.5, 0.6) is 5.75 Å². The fourth-order valence-electron chi connectivity index (χ4n) is 2.10. The molecule has 100 valence electrons. The van der Waals surface area contributed by atoms with Crippen LogP contribution in [0.4, 0.5) is 13.2 Å². The Morgan fingerprint density at radius 2 is 2.17 bits per heavy atom. The highest BCUT2D eigenvalue weighted by molar-refractivity contribution is 5.37. The van der Waals surface area contributed by atoms with E-state index in [1.54, 1.807) is 0 Å². The van der Waals surface area contributed by atoms with Gasteiger partial charge in [-0.1, -0.05) is 6.42 Å². The first kappa shape index (κ1) is 13.1. The molecule has 0 radical (unpaired) electrons. The van der Waals surface area contributed by atoms with Crippen molar-refractivity contribution in [1.82, 2.24) is 4.98 Å². The summed E-state index contributed by atoms with van der Waals surface area (Å²) < 4.78 is 41.2. The fraction of sp³-hybridized carbons (Fsp3) is 0.583. The molecule has 1 aromatic heterocycles. The van der Waals surface area contributed by atoms with Gasteiger partial charge in [-0.2, -0.15) is 13.2 Å². The lowest BCUT2D eigenvalue weighted by atomic mass is 10.1. The van der Waals surface area contributed by atoms with E-state index in [1.165, 1.54) is 12.3 Å². The first-order valence-corrected chi connectivity index (χ1v) is 5.83. The summed E-state index contributed by atoms with van der Waals surface area (Å²) in [5.41, 5.74) is 1.05. The minimum absolute atomic E-state index is 0.179. The molecule has 1 N–H and O–H groups in total. The third kappa shape index (κ3) is 3.13. The summed E-state index contributed by atoms with van der Waals surface area (Å²) in [7, 11) is 0. The van der Waals surface area contributed by atoms with Crippen molar-refractivity contribution in [3.63, 3.8) is 0 Å². The summed E-state index contributed by atoms with van der Waals surface area (Å²) in [4.78, 5) is 4.05. The number of alkyl halides is 3. The molecule has 0 bridgehead atoms. The second-order valence-corrected chi connectivity index (χ2v) is 4.34. The Bertz CT molecular complexity index is 420. The van der Waals surface area contributed by atoms with Gasteiger partial charge in [0.25, 0.3) is 0 Å². The standard InChI is InChI=1S/C12H14F3NO2/c13-12(14,15)7-18-10-5-6-16-11-8(10)3-1-2-4-9(11)17/h5-6,9,17H,1-4,7H2. The number of pyridine rings is 1. The predicted molar refractivity (Wildman–Crippen MR) is 58.3 cm³/mol. The number of aromatic nitrogens is 1. The molecule has 1 atom stereocenters. The summed E-state index contributed by atoms with van der Waals surface area (Å²) in [5.74, 6) is 0.179. The van der Waals surface area contributed by atoms with E-state index in [-0.39, 0.29) is 5.75 Å². The molecule has 0 amide bonds. The van der Waals surface area contributed by atoms with Crippen LogP contribution >= 0.6 is 0 Å². The van der Waals surface area contributed by atoms with Gasteiger partial charge in [0.05, 0.1) is 11.8 Å². The Balaban J connectivity index is 2.23. The van der Waals surface area contributed by atoms with Gasteiger partial charge in [0.2, 0.25) is 0 Å². The van der Waals surface area contributed by atoms with Gasteiger partial charge in [-0.25, -0.2) is 0 Å². The average Bonchev–Trinajstić information content (AvgIpc) is 2.49. The first-order chi connectivity index (χ1) is 8.47. The highest BCUT2D eigenvalue weighted by atomic mass is 19.4. The van der Waals surface area contributed by atoms with E-state index in [4.69, 9.17) is 4.74 Å². The van der Waals surface area contributed by atoms with E-state index in [0.717, 1.165) is 12.8 Å². The van der Waals surface area contributed by atoms with Crippen LogP contribution in [0.25, 0.3) is 0 Å². The summed E-state index contributed by atoms with van der Waals surface area (Å²) in [5, 5.41) is 9.85. The third-order valence-corrected chi connectivity index (χ3v) is 2.91. The maximum Gasteiger partial charge on any atom is 0.422 e. The van der Waals surface area contributed by atoms with E-state index < -0.39 is 18.9 Å². The molecular weight excluding hydrogens is 247 g/mol. The topological polar surface area (TPSA) is 42.4 Å². The summed E-state index contributed by atoms with van der Waals surface area (Å²) in [6.07, 6.45) is -0.875. The lowest BCUT2D eigenvalue weighted by Gasteiger charge is -2.16. The van der Waals surface area contributed by atoms with Crippen LogP contribution in [0.2, 0.25) is 0 Å². The van der Waals surface area contributed by atoms with Crippen LogP contribution < -0.4 is 4.74 Å². The van der Waals surface area contributed by atoms with E-state index in [0.29, 0.717) is 24.1 Å². The lowest BCUT2D eigenvalue weighted by Crippen LogP contribution is -2.20. The minimum atomic E-state index is -4.36. The molecule has 1 heterocycles. The molecule has 1 aliphatic carbocycles. The van der Waals surface area contributed by atoms with Gasteiger partial charge < -0.3 is 9.84 Å². The Morgan fingerprint density at radius 3 is 2.89 bits per heavy atom. The smallest absolute Gasteiger partial charge is 0.422 e. The van der Waals surface area contributed by atoms with Gasteiger partial charge >= 0.3 is 6.18 Å². The number of hydrogen-bond acceptors (Lipinski definition) is 3. The molecule has 1 aliphatic rings. The number of aliphatic hydroxyl groups excluding tert-OH is 1. The second-order valence-electron chi connectivity index (χ2n) is 4.34. The summed E-state index contributed by atoms with van der Waals surface area (Å²) in [6, 6.07) is 1.42. The van der Waals surface area contributed by atoms with Gasteiger partial charge in [-0.05, 0) is 25.3 Å². The summed E-state index contributed by atoms with van der Waals surface area (Å²) >= 11 is 0. The molecule has 6 heteroatoms. The Labute approximate surface area is 103 Å². The molecule has 18 heavy (non-hydrogen) atoms. The molecule has 1 unspecified atom stereocenters. The fourth-order valence-corrected chi connectivity index (χ4v) is 2.10. The second kappa shape index (κ2) is 5.14. The van der Waals surface area contributed by atoms with Crippen molar-refractivity contribution in [1.29, 1.82) is 0 Å². The van der Waals surface area contributed by atoms with Crippen LogP contribution in [0, 0.1) is 0 Å². The number of hydrogen-bond donors (Lipinski definition) is 1. The molecule has 0 saturated heterocycles. The number of nitrogens with zero attached hydrogens (tertiary/aromatic N) is 1. The number of ether oxygens (including phenoxy) is 1. The Hall–Kier alpha value is -1.30. The van der Waals surface area contributed by atoms with E-state index in [2.05, 4.69) is 4.98 Å². The quantitative estimate of drug-likeness (QED) is 0.832. The van der Waals surface area contributed by atoms with Gasteiger partial charge in [0.1, 0.15) is 5.75 Å². The SMILES string of the molecule is OC1CCCCc2c(OCC(F)(F)F)ccnc21. The maximum absolute atomic E-state index is 12.1. The van der Waals surface area contributed by atoms with Crippen molar-refractivity contribution in [2.24, 2.45) is 0 Å². The zero-order chi connectivity index (χ0) is 13.2. The molecular formula is C12H14F3NO2. The first-order valence-electron chi connectivity index (χ1n) is 5.83. The lowest BCUT2D eigenvalue weighted by molar-refractivity contribution is -0.153.